The smallest absolute Gasteiger partial charge is 0.0663 e. The highest BCUT2D eigenvalue weighted by Crippen LogP contribution is 2.93. The number of halogens is 1. The second-order valence-electron chi connectivity index (χ2n) is 5.02. The molecule has 0 radical (unpaired) electrons. The second-order valence-corrected chi connectivity index (χ2v) is 6.89. The first-order chi connectivity index (χ1) is 5.35. The summed E-state index contributed by atoms with van der Waals surface area (Å²) in [4.78, 5) is 0. The number of hydrogen-bond donors (Lipinski definition) is 0. The largest absolute Gasteiger partial charge is 0.377 e. The predicted molar refractivity (Wildman–Crippen MR) is 47.4 cm³/mol. The number of fused-ring (bicyclic) bond motifs is 1. The molecule has 58 valence electrons. The summed E-state index contributed by atoms with van der Waals surface area (Å²) >= 11 is 2.74. The van der Waals surface area contributed by atoms with E-state index in [0.29, 0.717) is 0 Å². The normalized spacial score (nSPS) is 90.8. The minimum atomic E-state index is 0.733. The quantitative estimate of drug-likeness (QED) is 0.471. The molecule has 2 heterocycles. The van der Waals surface area contributed by atoms with Crippen LogP contribution in [0.2, 0.25) is 0 Å². The Bertz CT molecular complexity index is 259. The average Bonchev–Trinajstić information content (AvgIpc) is 2.00. The SMILES string of the molecule is IC12C3[C@H]4C5COC([C@H]41)[C@H]2[C@@H]53. The Morgan fingerprint density at radius 1 is 1.18 bits per heavy atom. The number of rotatable bonds is 0. The van der Waals surface area contributed by atoms with E-state index in [1.807, 2.05) is 0 Å². The minimum Gasteiger partial charge on any atom is -0.377 e. The van der Waals surface area contributed by atoms with Gasteiger partial charge in [-0.05, 0) is 23.7 Å². The summed E-state index contributed by atoms with van der Waals surface area (Å²) in [7, 11) is 0. The first kappa shape index (κ1) is 5.43. The van der Waals surface area contributed by atoms with E-state index in [9.17, 15) is 0 Å². The summed E-state index contributed by atoms with van der Waals surface area (Å²) in [5.74, 6) is 6.50. The predicted octanol–water partition coefficient (Wildman–Crippen LogP) is 1.31. The maximum atomic E-state index is 5.82. The van der Waals surface area contributed by atoms with Gasteiger partial charge in [0.2, 0.25) is 0 Å². The van der Waals surface area contributed by atoms with Crippen molar-refractivity contribution in [2.75, 3.05) is 6.61 Å². The molecule has 2 bridgehead atoms. The van der Waals surface area contributed by atoms with Gasteiger partial charge in [0.1, 0.15) is 0 Å². The van der Waals surface area contributed by atoms with Crippen molar-refractivity contribution in [2.24, 2.45) is 35.5 Å². The van der Waals surface area contributed by atoms with Crippen LogP contribution in [0, 0.1) is 35.5 Å². The van der Waals surface area contributed by atoms with Gasteiger partial charge in [0.05, 0.1) is 12.7 Å². The highest BCUT2D eigenvalue weighted by Gasteiger charge is 2.95. The molecule has 4 unspecified atom stereocenters. The lowest BCUT2D eigenvalue weighted by Gasteiger charge is -2.95. The molecular formula is C9H9IO. The molecule has 2 saturated heterocycles. The van der Waals surface area contributed by atoms with E-state index in [2.05, 4.69) is 22.6 Å². The van der Waals surface area contributed by atoms with Gasteiger partial charge in [0, 0.05) is 15.3 Å². The molecule has 11 heavy (non-hydrogen) atoms. The molecule has 8 atom stereocenters. The summed E-state index contributed by atoms with van der Waals surface area (Å²) in [6, 6.07) is 0. The van der Waals surface area contributed by atoms with Gasteiger partial charge in [-0.1, -0.05) is 22.6 Å². The molecule has 0 amide bonds. The Morgan fingerprint density at radius 3 is 2.45 bits per heavy atom. The van der Waals surface area contributed by atoms with Gasteiger partial charge in [-0.3, -0.25) is 0 Å². The second kappa shape index (κ2) is 1.14. The first-order valence-electron chi connectivity index (χ1n) is 4.65. The van der Waals surface area contributed by atoms with Crippen molar-refractivity contribution >= 4 is 22.6 Å². The van der Waals surface area contributed by atoms with Crippen LogP contribution < -0.4 is 0 Å². The topological polar surface area (TPSA) is 9.23 Å². The fourth-order valence-corrected chi connectivity index (χ4v) is 7.56. The van der Waals surface area contributed by atoms with Gasteiger partial charge in [-0.25, -0.2) is 0 Å². The van der Waals surface area contributed by atoms with E-state index in [-0.39, 0.29) is 0 Å². The lowest BCUT2D eigenvalue weighted by Crippen LogP contribution is -2.99. The van der Waals surface area contributed by atoms with E-state index in [1.54, 1.807) is 0 Å². The average molecular weight is 260 g/mol. The minimum absolute atomic E-state index is 0.733. The van der Waals surface area contributed by atoms with Gasteiger partial charge in [-0.2, -0.15) is 0 Å². The van der Waals surface area contributed by atoms with Crippen LogP contribution >= 0.6 is 22.6 Å². The Labute approximate surface area is 79.0 Å². The van der Waals surface area contributed by atoms with Gasteiger partial charge in [-0.15, -0.1) is 0 Å². The van der Waals surface area contributed by atoms with Crippen LogP contribution in [-0.2, 0) is 4.74 Å². The molecule has 6 rings (SSSR count). The molecule has 0 aromatic heterocycles. The molecule has 4 saturated carbocycles. The molecular weight excluding hydrogens is 251 g/mol. The van der Waals surface area contributed by atoms with Crippen LogP contribution in [0.4, 0.5) is 0 Å². The van der Waals surface area contributed by atoms with Crippen molar-refractivity contribution < 1.29 is 4.74 Å². The lowest BCUT2D eigenvalue weighted by molar-refractivity contribution is -0.467. The molecule has 6 fully saturated rings. The van der Waals surface area contributed by atoms with E-state index in [0.717, 1.165) is 45.7 Å². The summed E-state index contributed by atoms with van der Waals surface area (Å²) < 4.78 is 6.60. The Hall–Kier alpha value is 0.690. The monoisotopic (exact) mass is 260 g/mol. The maximum Gasteiger partial charge on any atom is 0.0663 e. The maximum absolute atomic E-state index is 5.82. The molecule has 4 aliphatic carbocycles. The zero-order valence-corrected chi connectivity index (χ0v) is 8.19. The van der Waals surface area contributed by atoms with Crippen LogP contribution in [0.15, 0.2) is 0 Å². The number of hydrogen-bond acceptors (Lipinski definition) is 1. The van der Waals surface area contributed by atoms with Gasteiger partial charge >= 0.3 is 0 Å². The zero-order chi connectivity index (χ0) is 6.96. The molecule has 0 spiro atoms. The van der Waals surface area contributed by atoms with Crippen molar-refractivity contribution in [3.8, 4) is 0 Å². The third-order valence-corrected chi connectivity index (χ3v) is 7.53. The first-order valence-corrected chi connectivity index (χ1v) is 5.73. The van der Waals surface area contributed by atoms with Crippen molar-refractivity contribution in [3.05, 3.63) is 0 Å². The van der Waals surface area contributed by atoms with Crippen LogP contribution in [0.1, 0.15) is 0 Å². The molecule has 0 aromatic carbocycles. The molecule has 6 aliphatic rings. The molecule has 1 nitrogen and oxygen atoms in total. The van der Waals surface area contributed by atoms with Gasteiger partial charge in [0.25, 0.3) is 0 Å². The van der Waals surface area contributed by atoms with E-state index in [1.165, 1.54) is 5.92 Å². The van der Waals surface area contributed by atoms with E-state index < -0.39 is 0 Å². The van der Waals surface area contributed by atoms with Crippen LogP contribution in [0.5, 0.6) is 0 Å². The van der Waals surface area contributed by atoms with Gasteiger partial charge < -0.3 is 4.74 Å². The third kappa shape index (κ3) is 0.260. The standard InChI is InChI=1S/C9H9IO/c10-9-5-3-2-1-11-8(6(3)9)7(9)4(2)5/h2-8H,1H2/t2?,3-,4+,5?,6+,7-,8?,9?. The van der Waals surface area contributed by atoms with Crippen molar-refractivity contribution in [1.29, 1.82) is 0 Å². The summed E-state index contributed by atoms with van der Waals surface area (Å²) in [6.45, 7) is 1.12. The fourth-order valence-electron chi connectivity index (χ4n) is 5.19. The van der Waals surface area contributed by atoms with Gasteiger partial charge in [0.15, 0.2) is 0 Å². The molecule has 2 aliphatic heterocycles. The highest BCUT2D eigenvalue weighted by molar-refractivity contribution is 14.1. The summed E-state index contributed by atoms with van der Waals surface area (Å²) in [6.07, 6.45) is 0.733. The van der Waals surface area contributed by atoms with Crippen molar-refractivity contribution in [3.63, 3.8) is 0 Å². The van der Waals surface area contributed by atoms with Crippen molar-refractivity contribution in [1.82, 2.24) is 0 Å². The molecule has 0 aromatic rings. The van der Waals surface area contributed by atoms with E-state index in [4.69, 9.17) is 4.74 Å². The number of alkyl halides is 1. The molecule has 0 N–H and O–H groups in total. The van der Waals surface area contributed by atoms with Crippen LogP contribution in [0.25, 0.3) is 0 Å². The van der Waals surface area contributed by atoms with Crippen molar-refractivity contribution in [2.45, 2.75) is 9.53 Å². The van der Waals surface area contributed by atoms with Crippen LogP contribution in [0.3, 0.4) is 0 Å². The number of ether oxygens (including phenoxy) is 1. The Kier molecular flexibility index (Phi) is 0.562. The highest BCUT2D eigenvalue weighted by atomic mass is 127. The zero-order valence-electron chi connectivity index (χ0n) is 6.03. The summed E-state index contributed by atoms with van der Waals surface area (Å²) in [5.41, 5.74) is 0. The van der Waals surface area contributed by atoms with Crippen LogP contribution in [-0.4, -0.2) is 16.1 Å². The Morgan fingerprint density at radius 2 is 1.91 bits per heavy atom. The lowest BCUT2D eigenvalue weighted by atomic mass is 9.15. The summed E-state index contributed by atoms with van der Waals surface area (Å²) in [5, 5.41) is 0. The Balaban J connectivity index is 1.80. The molecule has 2 heteroatoms. The third-order valence-electron chi connectivity index (χ3n) is 5.37. The fraction of sp³-hybridized carbons (Fsp3) is 1.00. The van der Waals surface area contributed by atoms with E-state index >= 15 is 0 Å².